The van der Waals surface area contributed by atoms with Crippen LogP contribution in [-0.4, -0.2) is 54.9 Å². The summed E-state index contributed by atoms with van der Waals surface area (Å²) >= 11 is 0. The maximum absolute atomic E-state index is 13.8. The predicted molar refractivity (Wildman–Crippen MR) is 175 cm³/mol. The molecule has 1 amide bonds. The van der Waals surface area contributed by atoms with Gasteiger partial charge in [-0.2, -0.15) is 0 Å². The molecule has 2 aliphatic rings. The number of H-pyrrole nitrogens is 1. The van der Waals surface area contributed by atoms with E-state index in [4.69, 9.17) is 0 Å². The molecule has 2 fully saturated rings. The number of carbonyl (C=O) groups is 1. The average Bonchev–Trinajstić information content (AvgIpc) is 3.00. The number of likely N-dealkylation sites (tertiary alicyclic amines) is 1. The van der Waals surface area contributed by atoms with Gasteiger partial charge in [-0.15, -0.1) is 0 Å². The number of aromatic nitrogens is 1. The van der Waals surface area contributed by atoms with Crippen LogP contribution < -0.4 is 15.8 Å². The summed E-state index contributed by atoms with van der Waals surface area (Å²) in [5.41, 5.74) is 8.04. The minimum Gasteiger partial charge on any atom is -0.369 e. The van der Waals surface area contributed by atoms with Gasteiger partial charge in [0.15, 0.2) is 0 Å². The Bertz CT molecular complexity index is 1470. The number of halogens is 1. The van der Waals surface area contributed by atoms with E-state index >= 15 is 0 Å². The number of hydrogen-bond acceptors (Lipinski definition) is 4. The highest BCUT2D eigenvalue weighted by Crippen LogP contribution is 2.35. The molecule has 0 aliphatic carbocycles. The van der Waals surface area contributed by atoms with Gasteiger partial charge in [0.1, 0.15) is 13.5 Å². The maximum Gasteiger partial charge on any atom is 0.253 e. The third-order valence-corrected chi connectivity index (χ3v) is 9.25. The molecule has 3 aromatic rings. The van der Waals surface area contributed by atoms with Crippen molar-refractivity contribution in [2.75, 3.05) is 24.5 Å². The first-order chi connectivity index (χ1) is 20.7. The summed E-state index contributed by atoms with van der Waals surface area (Å²) in [6.07, 6.45) is 5.01. The van der Waals surface area contributed by atoms with E-state index in [0.717, 1.165) is 85.3 Å². The van der Waals surface area contributed by atoms with Crippen molar-refractivity contribution in [1.82, 2.24) is 15.2 Å². The molecule has 2 aliphatic heterocycles. The fourth-order valence-corrected chi connectivity index (χ4v) is 6.73. The number of hydrogen-bond donors (Lipinski definition) is 2. The Morgan fingerprint density at radius 1 is 1.02 bits per heavy atom. The van der Waals surface area contributed by atoms with Gasteiger partial charge in [-0.25, -0.2) is 4.39 Å². The number of alkyl halides is 1. The number of pyridine rings is 1. The number of amides is 1. The lowest BCUT2D eigenvalue weighted by atomic mass is 9.63. The van der Waals surface area contributed by atoms with Crippen LogP contribution in [0.25, 0.3) is 11.1 Å². The maximum atomic E-state index is 13.8. The average molecular weight is 584 g/mol. The van der Waals surface area contributed by atoms with Gasteiger partial charge >= 0.3 is 0 Å². The van der Waals surface area contributed by atoms with E-state index < -0.39 is 6.17 Å². The Morgan fingerprint density at radius 3 is 2.37 bits per heavy atom. The molecule has 2 aromatic carbocycles. The number of rotatable bonds is 9. The molecular formula is C35H45BFN4O2. The smallest absolute Gasteiger partial charge is 0.253 e. The summed E-state index contributed by atoms with van der Waals surface area (Å²) in [5, 5.41) is 3.04. The zero-order chi connectivity index (χ0) is 30.5. The van der Waals surface area contributed by atoms with Crippen LogP contribution in [0.15, 0.2) is 47.3 Å². The van der Waals surface area contributed by atoms with Crippen molar-refractivity contribution in [3.63, 3.8) is 0 Å². The molecule has 1 radical (unpaired) electrons. The molecule has 227 valence electrons. The van der Waals surface area contributed by atoms with E-state index in [1.165, 1.54) is 5.56 Å². The fourth-order valence-electron chi connectivity index (χ4n) is 6.73. The van der Waals surface area contributed by atoms with Gasteiger partial charge in [-0.05, 0) is 99.4 Å². The lowest BCUT2D eigenvalue weighted by Crippen LogP contribution is -2.38. The fraction of sp³-hybridized carbons (Fsp3) is 0.486. The quantitative estimate of drug-likeness (QED) is 0.288. The minimum atomic E-state index is -0.670. The number of piperidine rings is 1. The standard InChI is InChI=1S/C35H45BFN4O2/c1-5-41(30-10-14-36-15-11-30)33-20-28(27-8-6-26(7-9-27)22-40-16-12-29(37)13-17-40)19-31(25(33)4)34(42)38-21-32-23(2)18-24(3)39-35(32)43/h6-9,18-20,29-30H,5,10-17,21-22H2,1-4H3,(H,38,42)(H,39,43). The molecule has 2 N–H and O–H groups in total. The second kappa shape index (κ2) is 13.9. The van der Waals surface area contributed by atoms with E-state index in [1.54, 1.807) is 0 Å². The van der Waals surface area contributed by atoms with Crippen molar-refractivity contribution in [1.29, 1.82) is 0 Å². The molecule has 2 saturated heterocycles. The summed E-state index contributed by atoms with van der Waals surface area (Å²) in [6.45, 7) is 11.4. The highest BCUT2D eigenvalue weighted by molar-refractivity contribution is 6.35. The van der Waals surface area contributed by atoms with E-state index in [0.29, 0.717) is 30.0 Å². The van der Waals surface area contributed by atoms with Crippen LogP contribution in [0, 0.1) is 20.8 Å². The minimum absolute atomic E-state index is 0.163. The molecule has 0 unspecified atom stereocenters. The number of aromatic amines is 1. The molecule has 0 atom stereocenters. The van der Waals surface area contributed by atoms with E-state index in [-0.39, 0.29) is 18.0 Å². The van der Waals surface area contributed by atoms with Gasteiger partial charge < -0.3 is 15.2 Å². The van der Waals surface area contributed by atoms with Crippen molar-refractivity contribution in [2.24, 2.45) is 0 Å². The number of carbonyl (C=O) groups excluding carboxylic acids is 1. The van der Waals surface area contributed by atoms with E-state index in [9.17, 15) is 14.0 Å². The number of nitrogens with one attached hydrogen (secondary N) is 2. The molecule has 0 bridgehead atoms. The number of nitrogens with zero attached hydrogens (tertiary/aromatic N) is 2. The van der Waals surface area contributed by atoms with Gasteiger partial charge in [0.25, 0.3) is 11.5 Å². The second-order valence-electron chi connectivity index (χ2n) is 12.3. The van der Waals surface area contributed by atoms with Crippen LogP contribution in [0.2, 0.25) is 12.6 Å². The topological polar surface area (TPSA) is 68.4 Å². The van der Waals surface area contributed by atoms with Crippen molar-refractivity contribution in [2.45, 2.75) is 91.3 Å². The summed E-state index contributed by atoms with van der Waals surface area (Å²) in [6, 6.07) is 15.2. The normalized spacial score (nSPS) is 16.6. The molecule has 1 aromatic heterocycles. The zero-order valence-corrected chi connectivity index (χ0v) is 26.1. The Hall–Kier alpha value is -3.39. The van der Waals surface area contributed by atoms with Crippen molar-refractivity contribution >= 4 is 18.9 Å². The summed E-state index contributed by atoms with van der Waals surface area (Å²) in [4.78, 5) is 34.0. The van der Waals surface area contributed by atoms with Gasteiger partial charge in [0.2, 0.25) is 0 Å². The lowest BCUT2D eigenvalue weighted by molar-refractivity contribution is 0.0950. The van der Waals surface area contributed by atoms with Crippen LogP contribution >= 0.6 is 0 Å². The van der Waals surface area contributed by atoms with Crippen molar-refractivity contribution < 1.29 is 9.18 Å². The van der Waals surface area contributed by atoms with Crippen LogP contribution in [0.5, 0.6) is 0 Å². The van der Waals surface area contributed by atoms with Crippen LogP contribution in [-0.2, 0) is 13.1 Å². The molecule has 3 heterocycles. The van der Waals surface area contributed by atoms with Crippen LogP contribution in [0.1, 0.15) is 70.9 Å². The number of aryl methyl sites for hydroxylation is 2. The van der Waals surface area contributed by atoms with Crippen LogP contribution in [0.3, 0.4) is 0 Å². The van der Waals surface area contributed by atoms with Gasteiger partial charge in [-0.1, -0.05) is 36.9 Å². The second-order valence-corrected chi connectivity index (χ2v) is 12.3. The lowest BCUT2D eigenvalue weighted by Gasteiger charge is -2.37. The van der Waals surface area contributed by atoms with Gasteiger partial charge in [0.05, 0.1) is 0 Å². The molecule has 0 spiro atoms. The monoisotopic (exact) mass is 583 g/mol. The van der Waals surface area contributed by atoms with Gasteiger partial charge in [0, 0.05) is 61.3 Å². The van der Waals surface area contributed by atoms with E-state index in [2.05, 4.69) is 64.6 Å². The Labute approximate surface area is 256 Å². The highest BCUT2D eigenvalue weighted by atomic mass is 19.1. The number of benzene rings is 2. The molecule has 5 rings (SSSR count). The number of anilines is 1. The highest BCUT2D eigenvalue weighted by Gasteiger charge is 2.25. The largest absolute Gasteiger partial charge is 0.369 e. The van der Waals surface area contributed by atoms with Crippen molar-refractivity contribution in [3.05, 3.63) is 86.3 Å². The zero-order valence-electron chi connectivity index (χ0n) is 26.1. The SMILES string of the molecule is CCN(c1cc(-c2ccc(CN3CCC(F)CC3)cc2)cc(C(=O)NCc2c(C)cc(C)[nH]c2=O)c1C)C1CC[B]CC1. The molecule has 8 heteroatoms. The Balaban J connectivity index is 1.45. The first-order valence-corrected chi connectivity index (χ1v) is 15.9. The summed E-state index contributed by atoms with van der Waals surface area (Å²) in [7, 11) is 2.38. The first-order valence-electron chi connectivity index (χ1n) is 15.9. The molecule has 6 nitrogen and oxygen atoms in total. The van der Waals surface area contributed by atoms with Crippen molar-refractivity contribution in [3.8, 4) is 11.1 Å². The third-order valence-electron chi connectivity index (χ3n) is 9.25. The van der Waals surface area contributed by atoms with E-state index in [1.807, 2.05) is 32.9 Å². The summed E-state index contributed by atoms with van der Waals surface area (Å²) < 4.78 is 13.6. The molecule has 43 heavy (non-hydrogen) atoms. The Morgan fingerprint density at radius 2 is 1.72 bits per heavy atom. The summed E-state index contributed by atoms with van der Waals surface area (Å²) in [5.74, 6) is -0.180. The third kappa shape index (κ3) is 7.40. The molecule has 0 saturated carbocycles. The van der Waals surface area contributed by atoms with Crippen LogP contribution in [0.4, 0.5) is 10.1 Å². The first kappa shape index (κ1) is 31.1. The van der Waals surface area contributed by atoms with Gasteiger partial charge in [-0.3, -0.25) is 14.5 Å². The Kier molecular flexibility index (Phi) is 10.1. The molecular weight excluding hydrogens is 538 g/mol. The predicted octanol–water partition coefficient (Wildman–Crippen LogP) is 6.36.